The molecule has 1 aliphatic heterocycles. The van der Waals surface area contributed by atoms with Gasteiger partial charge in [0, 0.05) is 30.6 Å². The first-order chi connectivity index (χ1) is 12.8. The number of carbonyl (C=O) groups is 2. The van der Waals surface area contributed by atoms with Crippen LogP contribution in [0.5, 0.6) is 0 Å². The van der Waals surface area contributed by atoms with E-state index in [1.807, 2.05) is 0 Å². The molecule has 158 valence electrons. The van der Waals surface area contributed by atoms with Crippen molar-refractivity contribution in [2.75, 3.05) is 18.0 Å². The maximum atomic E-state index is 12.7. The van der Waals surface area contributed by atoms with Crippen molar-refractivity contribution in [3.05, 3.63) is 11.1 Å². The van der Waals surface area contributed by atoms with E-state index in [9.17, 15) is 9.59 Å². The Hall–Kier alpha value is -0.903. The number of thiazole rings is 1. The highest BCUT2D eigenvalue weighted by molar-refractivity contribution is 8.14. The SMILES string of the molecule is CC(=O)SC1CN(c2nc(C(=O)NC(O[Si](C)(C)C(C)(C)C)C(C)C)cs2)C1. The van der Waals surface area contributed by atoms with E-state index in [0.29, 0.717) is 10.9 Å². The highest BCUT2D eigenvalue weighted by Crippen LogP contribution is 2.38. The molecule has 1 aromatic heterocycles. The van der Waals surface area contributed by atoms with Crippen LogP contribution in [0.3, 0.4) is 0 Å². The molecule has 2 heterocycles. The summed E-state index contributed by atoms with van der Waals surface area (Å²) >= 11 is 2.84. The highest BCUT2D eigenvalue weighted by atomic mass is 32.2. The summed E-state index contributed by atoms with van der Waals surface area (Å²) in [6, 6.07) is 0. The molecule has 9 heteroatoms. The molecule has 1 aliphatic rings. The van der Waals surface area contributed by atoms with Crippen LogP contribution in [-0.2, 0) is 9.22 Å². The molecule has 2 rings (SSSR count). The molecule has 0 aliphatic carbocycles. The van der Waals surface area contributed by atoms with Crippen molar-refractivity contribution in [3.63, 3.8) is 0 Å². The van der Waals surface area contributed by atoms with Crippen LogP contribution in [-0.4, -0.2) is 48.9 Å². The maximum absolute atomic E-state index is 12.7. The van der Waals surface area contributed by atoms with E-state index in [4.69, 9.17) is 4.43 Å². The van der Waals surface area contributed by atoms with Crippen molar-refractivity contribution in [1.82, 2.24) is 10.3 Å². The Morgan fingerprint density at radius 3 is 2.46 bits per heavy atom. The molecule has 1 fully saturated rings. The van der Waals surface area contributed by atoms with Gasteiger partial charge in [0.05, 0.1) is 0 Å². The summed E-state index contributed by atoms with van der Waals surface area (Å²) in [5.74, 6) is -0.0361. The summed E-state index contributed by atoms with van der Waals surface area (Å²) in [7, 11) is -2.00. The van der Waals surface area contributed by atoms with Gasteiger partial charge in [0.15, 0.2) is 18.6 Å². The van der Waals surface area contributed by atoms with Crippen molar-refractivity contribution in [2.24, 2.45) is 5.92 Å². The van der Waals surface area contributed by atoms with Crippen molar-refractivity contribution >= 4 is 47.6 Å². The van der Waals surface area contributed by atoms with Crippen LogP contribution in [0.25, 0.3) is 0 Å². The quantitative estimate of drug-likeness (QED) is 0.499. The van der Waals surface area contributed by atoms with E-state index in [2.05, 4.69) is 62.9 Å². The van der Waals surface area contributed by atoms with Gasteiger partial charge in [-0.2, -0.15) is 0 Å². The second kappa shape index (κ2) is 8.85. The smallest absolute Gasteiger partial charge is 0.272 e. The van der Waals surface area contributed by atoms with Gasteiger partial charge in [-0.15, -0.1) is 11.3 Å². The number of hydrogen-bond acceptors (Lipinski definition) is 7. The Balaban J connectivity index is 1.98. The number of nitrogens with zero attached hydrogens (tertiary/aromatic N) is 2. The van der Waals surface area contributed by atoms with Crippen LogP contribution in [0.2, 0.25) is 18.1 Å². The van der Waals surface area contributed by atoms with E-state index in [1.165, 1.54) is 23.1 Å². The molecule has 1 N–H and O–H groups in total. The molecule has 0 saturated carbocycles. The number of aromatic nitrogens is 1. The first kappa shape index (κ1) is 23.4. The van der Waals surface area contributed by atoms with Crippen LogP contribution < -0.4 is 10.2 Å². The molecule has 1 unspecified atom stereocenters. The molecule has 1 amide bonds. The summed E-state index contributed by atoms with van der Waals surface area (Å²) in [5, 5.41) is 6.20. The lowest BCUT2D eigenvalue weighted by Crippen LogP contribution is -2.51. The minimum atomic E-state index is -2.00. The molecular formula is C19H33N3O3S2Si. The Morgan fingerprint density at radius 1 is 1.36 bits per heavy atom. The van der Waals surface area contributed by atoms with Crippen molar-refractivity contribution in [2.45, 2.75) is 71.2 Å². The van der Waals surface area contributed by atoms with E-state index >= 15 is 0 Å². The fourth-order valence-corrected chi connectivity index (χ4v) is 5.57. The second-order valence-corrected chi connectivity index (χ2v) is 16.2. The van der Waals surface area contributed by atoms with E-state index in [-0.39, 0.29) is 28.2 Å². The van der Waals surface area contributed by atoms with Crippen LogP contribution in [0.15, 0.2) is 5.38 Å². The summed E-state index contributed by atoms with van der Waals surface area (Å²) in [6.45, 7) is 18.2. The highest BCUT2D eigenvalue weighted by Gasteiger charge is 2.40. The minimum Gasteiger partial charge on any atom is -0.397 e. The average Bonchev–Trinajstić information content (AvgIpc) is 2.97. The summed E-state index contributed by atoms with van der Waals surface area (Å²) < 4.78 is 6.43. The van der Waals surface area contributed by atoms with Gasteiger partial charge in [0.2, 0.25) is 0 Å². The average molecular weight is 444 g/mol. The molecule has 0 radical (unpaired) electrons. The number of carbonyl (C=O) groups excluding carboxylic acids is 2. The number of amides is 1. The van der Waals surface area contributed by atoms with Crippen molar-refractivity contribution < 1.29 is 14.0 Å². The largest absolute Gasteiger partial charge is 0.397 e. The molecule has 1 atom stereocenters. The topological polar surface area (TPSA) is 71.5 Å². The maximum Gasteiger partial charge on any atom is 0.272 e. The summed E-state index contributed by atoms with van der Waals surface area (Å²) in [4.78, 5) is 30.5. The van der Waals surface area contributed by atoms with Gasteiger partial charge in [0.25, 0.3) is 5.91 Å². The monoisotopic (exact) mass is 443 g/mol. The van der Waals surface area contributed by atoms with Crippen LogP contribution in [0, 0.1) is 5.92 Å². The predicted octanol–water partition coefficient (Wildman–Crippen LogP) is 4.35. The van der Waals surface area contributed by atoms with Gasteiger partial charge < -0.3 is 14.6 Å². The third-order valence-corrected chi connectivity index (χ3v) is 11.6. The van der Waals surface area contributed by atoms with Gasteiger partial charge in [-0.3, -0.25) is 9.59 Å². The lowest BCUT2D eigenvalue weighted by Gasteiger charge is -2.40. The standard InChI is InChI=1S/C19H33N3O3S2Si/c1-12(2)17(25-28(7,8)19(4,5)6)21-16(24)15-11-26-18(20-15)22-9-14(10-22)27-13(3)23/h11-12,14,17H,9-10H2,1-8H3,(H,21,24). The number of nitrogens with one attached hydrogen (secondary N) is 1. The van der Waals surface area contributed by atoms with Gasteiger partial charge in [-0.25, -0.2) is 4.98 Å². The van der Waals surface area contributed by atoms with E-state index in [0.717, 1.165) is 18.2 Å². The van der Waals surface area contributed by atoms with Gasteiger partial charge in [-0.1, -0.05) is 46.4 Å². The molecular weight excluding hydrogens is 410 g/mol. The van der Waals surface area contributed by atoms with E-state index < -0.39 is 8.32 Å². The first-order valence-corrected chi connectivity index (χ1v) is 14.3. The zero-order chi connectivity index (χ0) is 21.3. The number of hydrogen-bond donors (Lipinski definition) is 1. The van der Waals surface area contributed by atoms with Crippen molar-refractivity contribution in [1.29, 1.82) is 0 Å². The Kier molecular flexibility index (Phi) is 7.39. The summed E-state index contributed by atoms with van der Waals surface area (Å²) in [5.41, 5.74) is 0.423. The Morgan fingerprint density at radius 2 is 1.96 bits per heavy atom. The molecule has 0 aromatic carbocycles. The molecule has 6 nitrogen and oxygen atoms in total. The van der Waals surface area contributed by atoms with Crippen LogP contribution >= 0.6 is 23.1 Å². The number of thioether (sulfide) groups is 1. The number of rotatable bonds is 7. The second-order valence-electron chi connectivity index (χ2n) is 9.17. The molecule has 0 spiro atoms. The van der Waals surface area contributed by atoms with E-state index in [1.54, 1.807) is 12.3 Å². The molecule has 0 bridgehead atoms. The normalized spacial score (nSPS) is 16.8. The predicted molar refractivity (Wildman–Crippen MR) is 121 cm³/mol. The molecule has 1 saturated heterocycles. The number of anilines is 1. The Bertz CT molecular complexity index is 710. The minimum absolute atomic E-state index is 0.0740. The lowest BCUT2D eigenvalue weighted by atomic mass is 10.2. The molecule has 28 heavy (non-hydrogen) atoms. The van der Waals surface area contributed by atoms with Gasteiger partial charge in [-0.05, 0) is 24.1 Å². The third kappa shape index (κ3) is 5.81. The fourth-order valence-electron chi connectivity index (χ4n) is 2.45. The third-order valence-electron chi connectivity index (χ3n) is 5.28. The fraction of sp³-hybridized carbons (Fsp3) is 0.737. The summed E-state index contributed by atoms with van der Waals surface area (Å²) in [6.07, 6.45) is -0.334. The van der Waals surface area contributed by atoms with Gasteiger partial charge in [0.1, 0.15) is 11.9 Å². The van der Waals surface area contributed by atoms with Crippen LogP contribution in [0.4, 0.5) is 5.13 Å². The first-order valence-electron chi connectivity index (χ1n) is 9.66. The lowest BCUT2D eigenvalue weighted by molar-refractivity contribution is -0.109. The van der Waals surface area contributed by atoms with Gasteiger partial charge >= 0.3 is 0 Å². The van der Waals surface area contributed by atoms with Crippen molar-refractivity contribution in [3.8, 4) is 0 Å². The van der Waals surface area contributed by atoms with Crippen LogP contribution in [0.1, 0.15) is 52.0 Å². The molecule has 1 aromatic rings. The Labute approximate surface area is 177 Å². The zero-order valence-corrected chi connectivity index (χ0v) is 20.8. The zero-order valence-electron chi connectivity index (χ0n) is 18.2.